The van der Waals surface area contributed by atoms with Gasteiger partial charge in [-0.3, -0.25) is 10.3 Å². The molecule has 46 heavy (non-hydrogen) atoms. The second kappa shape index (κ2) is 13.2. The maximum absolute atomic E-state index is 13.8. The summed E-state index contributed by atoms with van der Waals surface area (Å²) in [6.07, 6.45) is 3.38. The van der Waals surface area contributed by atoms with Crippen LogP contribution in [0.1, 0.15) is 16.0 Å². The molecule has 7 rings (SSSR count). The van der Waals surface area contributed by atoms with Gasteiger partial charge < -0.3 is 14.2 Å². The molecule has 14 heteroatoms. The molecule has 3 aromatic heterocycles. The summed E-state index contributed by atoms with van der Waals surface area (Å²) in [5, 5.41) is 1.12. The molecule has 5 heterocycles. The van der Waals surface area contributed by atoms with Crippen molar-refractivity contribution in [2.45, 2.75) is 19.6 Å². The molecular formula is C32H37FN8O3S2. The van der Waals surface area contributed by atoms with E-state index in [2.05, 4.69) is 49.6 Å². The Labute approximate surface area is 271 Å². The lowest BCUT2D eigenvalue weighted by Crippen LogP contribution is -2.47. The Morgan fingerprint density at radius 1 is 0.957 bits per heavy atom. The Morgan fingerprint density at radius 2 is 1.76 bits per heavy atom. The molecule has 2 N–H and O–H groups in total. The SMILES string of the molecule is CS(=O)(=O)N1CCN(Cc2cc3nc(NNCc4cn(Cc5cccc(F)c5)c5ccccc45)nc(N4CCOCC4)c3s2)CC1. The predicted octanol–water partition coefficient (Wildman–Crippen LogP) is 3.86. The van der Waals surface area contributed by atoms with Crippen molar-refractivity contribution in [3.05, 3.63) is 82.6 Å². The normalized spacial score (nSPS) is 16.9. The fourth-order valence-corrected chi connectivity index (χ4v) is 8.15. The lowest BCUT2D eigenvalue weighted by Gasteiger charge is -2.32. The summed E-state index contributed by atoms with van der Waals surface area (Å²) in [5.41, 5.74) is 10.5. The largest absolute Gasteiger partial charge is 0.378 e. The monoisotopic (exact) mass is 664 g/mol. The second-order valence-corrected chi connectivity index (χ2v) is 14.9. The van der Waals surface area contributed by atoms with Crippen molar-refractivity contribution in [2.24, 2.45) is 0 Å². The molecule has 0 spiro atoms. The van der Waals surface area contributed by atoms with E-state index >= 15 is 0 Å². The highest BCUT2D eigenvalue weighted by Crippen LogP contribution is 2.34. The molecule has 0 amide bonds. The number of hydrogen-bond donors (Lipinski definition) is 2. The number of hydrazine groups is 1. The molecule has 0 radical (unpaired) electrons. The number of benzene rings is 2. The van der Waals surface area contributed by atoms with Crippen LogP contribution in [0, 0.1) is 5.82 Å². The third kappa shape index (κ3) is 6.87. The number of morpholine rings is 1. The van der Waals surface area contributed by atoms with Crippen molar-refractivity contribution >= 4 is 54.2 Å². The van der Waals surface area contributed by atoms with Gasteiger partial charge in [-0.1, -0.05) is 30.3 Å². The van der Waals surface area contributed by atoms with Crippen molar-refractivity contribution < 1.29 is 17.5 Å². The van der Waals surface area contributed by atoms with Crippen molar-refractivity contribution in [1.29, 1.82) is 0 Å². The first-order valence-corrected chi connectivity index (χ1v) is 18.1. The van der Waals surface area contributed by atoms with Gasteiger partial charge in [0.05, 0.1) is 29.7 Å². The molecule has 11 nitrogen and oxygen atoms in total. The number of ether oxygens (including phenoxy) is 1. The Hall–Kier alpha value is -3.66. The minimum absolute atomic E-state index is 0.237. The third-order valence-electron chi connectivity index (χ3n) is 8.49. The molecule has 2 aliphatic rings. The van der Waals surface area contributed by atoms with Crippen LogP contribution in [0.15, 0.2) is 60.8 Å². The van der Waals surface area contributed by atoms with Crippen LogP contribution in [-0.2, 0) is 34.4 Å². The van der Waals surface area contributed by atoms with Gasteiger partial charge in [0.2, 0.25) is 16.0 Å². The highest BCUT2D eigenvalue weighted by Gasteiger charge is 2.25. The third-order valence-corrected chi connectivity index (χ3v) is 10.9. The Kier molecular flexibility index (Phi) is 8.90. The molecule has 0 saturated carbocycles. The van der Waals surface area contributed by atoms with E-state index in [0.29, 0.717) is 58.4 Å². The fraction of sp³-hybridized carbons (Fsp3) is 0.375. The summed E-state index contributed by atoms with van der Waals surface area (Å²) in [6.45, 7) is 7.04. The Balaban J connectivity index is 1.09. The average molecular weight is 665 g/mol. The molecule has 2 aromatic carbocycles. The van der Waals surface area contributed by atoms with Gasteiger partial charge >= 0.3 is 0 Å². The van der Waals surface area contributed by atoms with Gasteiger partial charge in [0.1, 0.15) is 5.82 Å². The molecule has 2 aliphatic heterocycles. The highest BCUT2D eigenvalue weighted by atomic mass is 32.2. The average Bonchev–Trinajstić information content (AvgIpc) is 3.61. The zero-order valence-electron chi connectivity index (χ0n) is 25.7. The van der Waals surface area contributed by atoms with E-state index in [4.69, 9.17) is 14.7 Å². The number of nitrogens with zero attached hydrogens (tertiary/aromatic N) is 6. The van der Waals surface area contributed by atoms with Gasteiger partial charge in [0.15, 0.2) is 5.82 Å². The van der Waals surface area contributed by atoms with Crippen LogP contribution in [-0.4, -0.2) is 90.9 Å². The van der Waals surface area contributed by atoms with Crippen LogP contribution >= 0.6 is 11.3 Å². The second-order valence-electron chi connectivity index (χ2n) is 11.7. The van der Waals surface area contributed by atoms with Crippen molar-refractivity contribution in [3.63, 3.8) is 0 Å². The van der Waals surface area contributed by atoms with Crippen LogP contribution in [0.25, 0.3) is 21.1 Å². The standard InChI is InChI=1S/C32H37FN8O3S2/c1-46(42,43)41-11-9-38(10-12-41)22-26-18-28-30(45-26)31(39-13-15-44-16-14-39)36-32(35-28)37-34-19-24-21-40(29-8-3-2-7-27(24)29)20-23-5-4-6-25(33)17-23/h2-8,17-18,21,34H,9-16,19-20,22H2,1H3,(H,35,36,37). The summed E-state index contributed by atoms with van der Waals surface area (Å²) in [5.74, 6) is 1.14. The van der Waals surface area contributed by atoms with Crippen LogP contribution in [0.2, 0.25) is 0 Å². The number of hydrogen-bond acceptors (Lipinski definition) is 10. The molecule has 0 bridgehead atoms. The first-order chi connectivity index (χ1) is 22.3. The van der Waals surface area contributed by atoms with Crippen molar-refractivity contribution in [3.8, 4) is 0 Å². The summed E-state index contributed by atoms with van der Waals surface area (Å²) in [6, 6.07) is 17.1. The van der Waals surface area contributed by atoms with Gasteiger partial charge in [-0.25, -0.2) is 23.2 Å². The first-order valence-electron chi connectivity index (χ1n) is 15.4. The maximum atomic E-state index is 13.8. The predicted molar refractivity (Wildman–Crippen MR) is 180 cm³/mol. The topological polar surface area (TPSA) is 108 Å². The summed E-state index contributed by atoms with van der Waals surface area (Å²) < 4.78 is 48.1. The molecule has 242 valence electrons. The van der Waals surface area contributed by atoms with E-state index < -0.39 is 10.0 Å². The number of nitrogens with one attached hydrogen (secondary N) is 2. The van der Waals surface area contributed by atoms with Gasteiger partial charge in [-0.05, 0) is 35.4 Å². The maximum Gasteiger partial charge on any atom is 0.239 e. The number of para-hydroxylation sites is 1. The van der Waals surface area contributed by atoms with Crippen LogP contribution in [0.5, 0.6) is 0 Å². The fourth-order valence-electron chi connectivity index (χ4n) is 6.17. The summed E-state index contributed by atoms with van der Waals surface area (Å²) >= 11 is 1.70. The minimum Gasteiger partial charge on any atom is -0.378 e. The van der Waals surface area contributed by atoms with Crippen molar-refractivity contribution in [1.82, 2.24) is 29.2 Å². The molecule has 0 unspecified atom stereocenters. The minimum atomic E-state index is -3.17. The van der Waals surface area contributed by atoms with Gasteiger partial charge in [-0.15, -0.1) is 11.3 Å². The van der Waals surface area contributed by atoms with E-state index in [1.807, 2.05) is 18.2 Å². The summed E-state index contributed by atoms with van der Waals surface area (Å²) in [4.78, 5) is 15.5. The van der Waals surface area contributed by atoms with Gasteiger partial charge in [0, 0.05) is 80.9 Å². The van der Waals surface area contributed by atoms with E-state index in [1.54, 1.807) is 27.8 Å². The van der Waals surface area contributed by atoms with E-state index in [-0.39, 0.29) is 5.82 Å². The number of aromatic nitrogens is 3. The molecular weight excluding hydrogens is 628 g/mol. The van der Waals surface area contributed by atoms with Gasteiger partial charge in [0.25, 0.3) is 0 Å². The van der Waals surface area contributed by atoms with Crippen LogP contribution < -0.4 is 15.8 Å². The molecule has 0 aliphatic carbocycles. The number of anilines is 2. The smallest absolute Gasteiger partial charge is 0.239 e. The molecule has 5 aromatic rings. The van der Waals surface area contributed by atoms with E-state index in [1.165, 1.54) is 17.2 Å². The highest BCUT2D eigenvalue weighted by molar-refractivity contribution is 7.88. The Morgan fingerprint density at radius 3 is 2.54 bits per heavy atom. The zero-order chi connectivity index (χ0) is 31.7. The quantitative estimate of drug-likeness (QED) is 0.215. The lowest BCUT2D eigenvalue weighted by molar-refractivity contribution is 0.122. The molecule has 0 atom stereocenters. The molecule has 2 fully saturated rings. The summed E-state index contributed by atoms with van der Waals surface area (Å²) in [7, 11) is -3.17. The number of halogens is 1. The van der Waals surface area contributed by atoms with E-state index in [0.717, 1.165) is 57.7 Å². The number of thiophene rings is 1. The Bertz CT molecular complexity index is 1950. The van der Waals surface area contributed by atoms with Crippen molar-refractivity contribution in [2.75, 3.05) is 69.1 Å². The lowest BCUT2D eigenvalue weighted by atomic mass is 10.2. The van der Waals surface area contributed by atoms with Crippen LogP contribution in [0.3, 0.4) is 0 Å². The number of piperazine rings is 1. The number of rotatable bonds is 10. The van der Waals surface area contributed by atoms with E-state index in [9.17, 15) is 12.8 Å². The molecule has 2 saturated heterocycles. The zero-order valence-corrected chi connectivity index (χ0v) is 27.3. The number of sulfonamides is 1. The first kappa shape index (κ1) is 31.0. The van der Waals surface area contributed by atoms with Gasteiger partial charge in [-0.2, -0.15) is 9.29 Å². The van der Waals surface area contributed by atoms with Crippen LogP contribution in [0.4, 0.5) is 16.2 Å². The number of fused-ring (bicyclic) bond motifs is 2.